The average Bonchev–Trinajstić information content (AvgIpc) is 3.29. The Morgan fingerprint density at radius 2 is 1.39 bits per heavy atom. The SMILES string of the molecule is O=C(Cn1nnc(-c2ccncc2)c1-c1ccccc1)Nc1ncc(-c2ccccc2)cn1. The van der Waals surface area contributed by atoms with Crippen LogP contribution < -0.4 is 5.32 Å². The van der Waals surface area contributed by atoms with Gasteiger partial charge in [-0.3, -0.25) is 15.1 Å². The molecule has 0 saturated carbocycles. The Labute approximate surface area is 190 Å². The molecule has 5 aromatic rings. The fourth-order valence-corrected chi connectivity index (χ4v) is 3.48. The maximum absolute atomic E-state index is 12.8. The molecule has 0 bridgehead atoms. The van der Waals surface area contributed by atoms with Gasteiger partial charge in [-0.05, 0) is 17.7 Å². The smallest absolute Gasteiger partial charge is 0.248 e. The van der Waals surface area contributed by atoms with Crippen molar-refractivity contribution in [1.29, 1.82) is 0 Å². The Hall–Kier alpha value is -4.72. The van der Waals surface area contributed by atoms with E-state index in [-0.39, 0.29) is 18.4 Å². The average molecular weight is 433 g/mol. The first-order valence-corrected chi connectivity index (χ1v) is 10.3. The molecule has 0 unspecified atom stereocenters. The Balaban J connectivity index is 1.38. The van der Waals surface area contributed by atoms with Crippen molar-refractivity contribution in [1.82, 2.24) is 29.9 Å². The minimum absolute atomic E-state index is 0.0356. The molecule has 0 aliphatic rings. The van der Waals surface area contributed by atoms with Gasteiger partial charge >= 0.3 is 0 Å². The lowest BCUT2D eigenvalue weighted by atomic mass is 10.1. The Morgan fingerprint density at radius 1 is 0.758 bits per heavy atom. The fraction of sp³-hybridized carbons (Fsp3) is 0.0400. The van der Waals surface area contributed by atoms with Crippen molar-refractivity contribution in [2.45, 2.75) is 6.54 Å². The maximum Gasteiger partial charge on any atom is 0.248 e. The van der Waals surface area contributed by atoms with Crippen LogP contribution >= 0.6 is 0 Å². The maximum atomic E-state index is 12.8. The van der Waals surface area contributed by atoms with Crippen molar-refractivity contribution in [2.75, 3.05) is 5.32 Å². The molecular weight excluding hydrogens is 414 g/mol. The molecule has 0 saturated heterocycles. The van der Waals surface area contributed by atoms with Gasteiger partial charge in [0, 0.05) is 41.5 Å². The van der Waals surface area contributed by atoms with Crippen LogP contribution in [0.25, 0.3) is 33.6 Å². The Morgan fingerprint density at radius 3 is 2.06 bits per heavy atom. The van der Waals surface area contributed by atoms with E-state index in [0.29, 0.717) is 5.69 Å². The van der Waals surface area contributed by atoms with E-state index in [9.17, 15) is 4.79 Å². The second kappa shape index (κ2) is 9.19. The summed E-state index contributed by atoms with van der Waals surface area (Å²) in [7, 11) is 0. The minimum Gasteiger partial charge on any atom is -0.293 e. The number of nitrogens with one attached hydrogen (secondary N) is 1. The van der Waals surface area contributed by atoms with Gasteiger partial charge in [0.1, 0.15) is 12.2 Å². The summed E-state index contributed by atoms with van der Waals surface area (Å²) in [5.41, 5.74) is 5.09. The van der Waals surface area contributed by atoms with Gasteiger partial charge in [0.05, 0.1) is 5.69 Å². The van der Waals surface area contributed by atoms with Crippen LogP contribution in [-0.4, -0.2) is 35.9 Å². The van der Waals surface area contributed by atoms with Crippen molar-refractivity contribution in [3.8, 4) is 33.6 Å². The number of benzene rings is 2. The summed E-state index contributed by atoms with van der Waals surface area (Å²) in [6.45, 7) is -0.0356. The van der Waals surface area contributed by atoms with E-state index >= 15 is 0 Å². The highest BCUT2D eigenvalue weighted by molar-refractivity contribution is 5.89. The summed E-state index contributed by atoms with van der Waals surface area (Å²) >= 11 is 0. The first kappa shape index (κ1) is 20.2. The van der Waals surface area contributed by atoms with E-state index < -0.39 is 0 Å². The second-order valence-electron chi connectivity index (χ2n) is 7.26. The molecule has 1 N–H and O–H groups in total. The Kier molecular flexibility index (Phi) is 5.62. The number of aromatic nitrogens is 6. The lowest BCUT2D eigenvalue weighted by Gasteiger charge is -2.09. The van der Waals surface area contributed by atoms with E-state index in [1.54, 1.807) is 29.5 Å². The summed E-state index contributed by atoms with van der Waals surface area (Å²) in [5.74, 6) is -0.0683. The molecule has 0 spiro atoms. The predicted octanol–water partition coefficient (Wildman–Crippen LogP) is 4.10. The summed E-state index contributed by atoms with van der Waals surface area (Å²) in [6, 6.07) is 23.3. The van der Waals surface area contributed by atoms with Crippen molar-refractivity contribution < 1.29 is 4.79 Å². The topological polar surface area (TPSA) is 98.5 Å². The largest absolute Gasteiger partial charge is 0.293 e. The molecule has 3 aromatic heterocycles. The highest BCUT2D eigenvalue weighted by Crippen LogP contribution is 2.29. The molecule has 0 radical (unpaired) electrons. The molecule has 8 heteroatoms. The lowest BCUT2D eigenvalue weighted by molar-refractivity contribution is -0.116. The van der Waals surface area contributed by atoms with Crippen molar-refractivity contribution in [3.63, 3.8) is 0 Å². The third kappa shape index (κ3) is 4.49. The first-order chi connectivity index (χ1) is 16.3. The van der Waals surface area contributed by atoms with Crippen LogP contribution in [0.5, 0.6) is 0 Å². The van der Waals surface area contributed by atoms with Crippen molar-refractivity contribution in [2.24, 2.45) is 0 Å². The molecule has 1 amide bonds. The fourth-order valence-electron chi connectivity index (χ4n) is 3.48. The summed E-state index contributed by atoms with van der Waals surface area (Å²) in [4.78, 5) is 25.4. The van der Waals surface area contributed by atoms with Crippen LogP contribution in [0, 0.1) is 0 Å². The highest BCUT2D eigenvalue weighted by Gasteiger charge is 2.18. The molecule has 3 heterocycles. The quantitative estimate of drug-likeness (QED) is 0.433. The molecule has 160 valence electrons. The molecule has 0 aliphatic carbocycles. The van der Waals surface area contributed by atoms with Gasteiger partial charge in [-0.15, -0.1) is 5.10 Å². The monoisotopic (exact) mass is 433 g/mol. The highest BCUT2D eigenvalue weighted by atomic mass is 16.2. The predicted molar refractivity (Wildman–Crippen MR) is 125 cm³/mol. The van der Waals surface area contributed by atoms with E-state index in [0.717, 1.165) is 27.9 Å². The number of rotatable bonds is 6. The zero-order chi connectivity index (χ0) is 22.5. The van der Waals surface area contributed by atoms with Gasteiger partial charge in [0.2, 0.25) is 11.9 Å². The lowest BCUT2D eigenvalue weighted by Crippen LogP contribution is -2.21. The molecule has 2 aromatic carbocycles. The van der Waals surface area contributed by atoms with Crippen LogP contribution in [0.1, 0.15) is 0 Å². The van der Waals surface area contributed by atoms with Crippen LogP contribution in [0.2, 0.25) is 0 Å². The van der Waals surface area contributed by atoms with Crippen LogP contribution in [-0.2, 0) is 11.3 Å². The summed E-state index contributed by atoms with van der Waals surface area (Å²) in [6.07, 6.45) is 6.77. The van der Waals surface area contributed by atoms with Gasteiger partial charge < -0.3 is 0 Å². The van der Waals surface area contributed by atoms with E-state index in [4.69, 9.17) is 0 Å². The van der Waals surface area contributed by atoms with Crippen LogP contribution in [0.4, 0.5) is 5.95 Å². The zero-order valence-corrected chi connectivity index (χ0v) is 17.5. The molecular formula is C25H19N7O. The molecule has 0 fully saturated rings. The summed E-state index contributed by atoms with van der Waals surface area (Å²) in [5, 5.41) is 11.3. The number of hydrogen-bond donors (Lipinski definition) is 1. The van der Waals surface area contributed by atoms with Gasteiger partial charge in [-0.1, -0.05) is 65.9 Å². The number of carbonyl (C=O) groups excluding carboxylic acids is 1. The number of anilines is 1. The molecule has 0 aliphatic heterocycles. The van der Waals surface area contributed by atoms with Gasteiger partial charge in [-0.25, -0.2) is 14.6 Å². The van der Waals surface area contributed by atoms with Crippen LogP contribution in [0.3, 0.4) is 0 Å². The first-order valence-electron chi connectivity index (χ1n) is 10.3. The normalized spacial score (nSPS) is 10.7. The number of amides is 1. The molecule has 5 rings (SSSR count). The van der Waals surface area contributed by atoms with Crippen molar-refractivity contribution in [3.05, 3.63) is 97.6 Å². The second-order valence-corrected chi connectivity index (χ2v) is 7.26. The molecule has 33 heavy (non-hydrogen) atoms. The number of nitrogens with zero attached hydrogens (tertiary/aromatic N) is 6. The van der Waals surface area contributed by atoms with E-state index in [1.165, 1.54) is 0 Å². The zero-order valence-electron chi connectivity index (χ0n) is 17.5. The third-order valence-electron chi connectivity index (χ3n) is 5.04. The van der Waals surface area contributed by atoms with E-state index in [1.807, 2.05) is 72.8 Å². The van der Waals surface area contributed by atoms with Crippen LogP contribution in [0.15, 0.2) is 97.6 Å². The minimum atomic E-state index is -0.300. The molecule has 8 nitrogen and oxygen atoms in total. The standard InChI is InChI=1S/C25H19N7O/c33-22(29-25-27-15-21(16-28-25)18-7-3-1-4-8-18)17-32-24(20-9-5-2-6-10-20)23(30-31-32)19-11-13-26-14-12-19/h1-16H,17H2,(H,27,28,29,33). The number of pyridine rings is 1. The summed E-state index contributed by atoms with van der Waals surface area (Å²) < 4.78 is 1.58. The molecule has 0 atom stereocenters. The third-order valence-corrected chi connectivity index (χ3v) is 5.04. The van der Waals surface area contributed by atoms with Gasteiger partial charge in [0.25, 0.3) is 0 Å². The number of hydrogen-bond acceptors (Lipinski definition) is 6. The van der Waals surface area contributed by atoms with Gasteiger partial charge in [-0.2, -0.15) is 0 Å². The Bertz CT molecular complexity index is 1350. The van der Waals surface area contributed by atoms with Gasteiger partial charge in [0.15, 0.2) is 0 Å². The van der Waals surface area contributed by atoms with Crippen molar-refractivity contribution >= 4 is 11.9 Å². The number of carbonyl (C=O) groups is 1. The van der Waals surface area contributed by atoms with E-state index in [2.05, 4.69) is 30.6 Å².